The Hall–Kier alpha value is -2.60. The SMILES string of the molecule is CN1CCc2ccc(NCc3cn(C)nc3-c3ccnn3C)cc2C1. The molecule has 6 nitrogen and oxygen atoms in total. The van der Waals surface area contributed by atoms with Gasteiger partial charge in [-0.05, 0) is 42.8 Å². The first-order valence-corrected chi connectivity index (χ1v) is 8.65. The summed E-state index contributed by atoms with van der Waals surface area (Å²) in [4.78, 5) is 2.37. The summed E-state index contributed by atoms with van der Waals surface area (Å²) in [6.07, 6.45) is 5.02. The fourth-order valence-corrected chi connectivity index (χ4v) is 3.49. The lowest BCUT2D eigenvalue weighted by Crippen LogP contribution is -2.26. The summed E-state index contributed by atoms with van der Waals surface area (Å²) in [6, 6.07) is 8.73. The zero-order chi connectivity index (χ0) is 17.4. The second kappa shape index (κ2) is 6.37. The van der Waals surface area contributed by atoms with Crippen molar-refractivity contribution in [2.45, 2.75) is 19.5 Å². The van der Waals surface area contributed by atoms with Gasteiger partial charge in [-0.2, -0.15) is 10.2 Å². The van der Waals surface area contributed by atoms with Crippen molar-refractivity contribution in [3.63, 3.8) is 0 Å². The number of likely N-dealkylation sites (N-methyl/N-ethyl adjacent to an activating group) is 1. The van der Waals surface area contributed by atoms with Crippen molar-refractivity contribution in [2.24, 2.45) is 14.1 Å². The van der Waals surface area contributed by atoms with Crippen LogP contribution in [0.2, 0.25) is 0 Å². The molecule has 3 aromatic rings. The minimum atomic E-state index is 0.739. The molecule has 0 spiro atoms. The van der Waals surface area contributed by atoms with Crippen LogP contribution in [0, 0.1) is 0 Å². The summed E-state index contributed by atoms with van der Waals surface area (Å²) in [5.74, 6) is 0. The van der Waals surface area contributed by atoms with E-state index >= 15 is 0 Å². The summed E-state index contributed by atoms with van der Waals surface area (Å²) >= 11 is 0. The molecule has 130 valence electrons. The number of nitrogens with one attached hydrogen (secondary N) is 1. The van der Waals surface area contributed by atoms with Gasteiger partial charge in [0.1, 0.15) is 5.69 Å². The van der Waals surface area contributed by atoms with Gasteiger partial charge in [-0.3, -0.25) is 9.36 Å². The summed E-state index contributed by atoms with van der Waals surface area (Å²) in [5.41, 5.74) is 7.24. The Balaban J connectivity index is 1.55. The van der Waals surface area contributed by atoms with Gasteiger partial charge in [-0.25, -0.2) is 0 Å². The predicted octanol–water partition coefficient (Wildman–Crippen LogP) is 2.42. The highest BCUT2D eigenvalue weighted by Crippen LogP contribution is 2.24. The normalized spacial score (nSPS) is 14.5. The summed E-state index contributed by atoms with van der Waals surface area (Å²) < 4.78 is 3.72. The van der Waals surface area contributed by atoms with E-state index in [1.54, 1.807) is 6.20 Å². The maximum atomic E-state index is 4.62. The Labute approximate surface area is 148 Å². The van der Waals surface area contributed by atoms with E-state index in [0.29, 0.717) is 0 Å². The maximum absolute atomic E-state index is 4.62. The molecular formula is C19H24N6. The zero-order valence-corrected chi connectivity index (χ0v) is 15.0. The van der Waals surface area contributed by atoms with Gasteiger partial charge in [0, 0.05) is 57.4 Å². The van der Waals surface area contributed by atoms with Crippen LogP contribution in [0.5, 0.6) is 0 Å². The third kappa shape index (κ3) is 3.17. The minimum absolute atomic E-state index is 0.739. The van der Waals surface area contributed by atoms with Crippen molar-refractivity contribution in [1.29, 1.82) is 0 Å². The lowest BCUT2D eigenvalue weighted by molar-refractivity contribution is 0.313. The molecule has 0 saturated carbocycles. The second-order valence-electron chi connectivity index (χ2n) is 6.84. The van der Waals surface area contributed by atoms with Crippen LogP contribution in [0.1, 0.15) is 16.7 Å². The van der Waals surface area contributed by atoms with Crippen LogP contribution in [0.3, 0.4) is 0 Å². The van der Waals surface area contributed by atoms with E-state index in [2.05, 4.69) is 51.9 Å². The molecule has 1 aliphatic rings. The molecule has 4 rings (SSSR count). The predicted molar refractivity (Wildman–Crippen MR) is 99.2 cm³/mol. The number of nitrogens with zero attached hydrogens (tertiary/aromatic N) is 5. The van der Waals surface area contributed by atoms with Gasteiger partial charge in [0.25, 0.3) is 0 Å². The zero-order valence-electron chi connectivity index (χ0n) is 15.0. The van der Waals surface area contributed by atoms with Gasteiger partial charge in [0.2, 0.25) is 0 Å². The van der Waals surface area contributed by atoms with Crippen LogP contribution in [0.4, 0.5) is 5.69 Å². The van der Waals surface area contributed by atoms with Crippen molar-refractivity contribution in [1.82, 2.24) is 24.5 Å². The Kier molecular flexibility index (Phi) is 4.05. The standard InChI is InChI=1S/C19H24N6/c1-23-9-7-14-4-5-17(10-15(14)12-23)20-11-16-13-24(2)22-19(16)18-6-8-21-25(18)3/h4-6,8,10,13,20H,7,9,11-12H2,1-3H3. The van der Waals surface area contributed by atoms with E-state index in [1.807, 2.05) is 29.5 Å². The molecule has 1 aliphatic heterocycles. The van der Waals surface area contributed by atoms with Crippen LogP contribution in [0.15, 0.2) is 36.7 Å². The molecule has 0 bridgehead atoms. The van der Waals surface area contributed by atoms with Crippen LogP contribution in [-0.2, 0) is 33.6 Å². The number of hydrogen-bond donors (Lipinski definition) is 1. The van der Waals surface area contributed by atoms with Gasteiger partial charge < -0.3 is 10.2 Å². The average molecular weight is 336 g/mol. The molecule has 6 heteroatoms. The largest absolute Gasteiger partial charge is 0.381 e. The molecule has 25 heavy (non-hydrogen) atoms. The van der Waals surface area contributed by atoms with Gasteiger partial charge in [-0.1, -0.05) is 6.07 Å². The Morgan fingerprint density at radius 3 is 2.80 bits per heavy atom. The monoisotopic (exact) mass is 336 g/mol. The van der Waals surface area contributed by atoms with Crippen molar-refractivity contribution in [3.05, 3.63) is 53.3 Å². The molecule has 0 unspecified atom stereocenters. The molecule has 0 atom stereocenters. The van der Waals surface area contributed by atoms with Crippen molar-refractivity contribution in [3.8, 4) is 11.4 Å². The third-order valence-corrected chi connectivity index (χ3v) is 4.86. The molecule has 0 radical (unpaired) electrons. The van der Waals surface area contributed by atoms with Gasteiger partial charge in [0.15, 0.2) is 0 Å². The number of hydrogen-bond acceptors (Lipinski definition) is 4. The Bertz CT molecular complexity index is 891. The highest BCUT2D eigenvalue weighted by molar-refractivity contribution is 5.59. The van der Waals surface area contributed by atoms with Crippen LogP contribution < -0.4 is 5.32 Å². The molecule has 1 N–H and O–H groups in total. The van der Waals surface area contributed by atoms with Gasteiger partial charge >= 0.3 is 0 Å². The van der Waals surface area contributed by atoms with Crippen molar-refractivity contribution >= 4 is 5.69 Å². The molecule has 0 fully saturated rings. The van der Waals surface area contributed by atoms with Crippen molar-refractivity contribution in [2.75, 3.05) is 18.9 Å². The Morgan fingerprint density at radius 2 is 2.00 bits per heavy atom. The van der Waals surface area contributed by atoms with Crippen molar-refractivity contribution < 1.29 is 0 Å². The van der Waals surface area contributed by atoms with E-state index in [9.17, 15) is 0 Å². The lowest BCUT2D eigenvalue weighted by atomic mass is 9.99. The fourth-order valence-electron chi connectivity index (χ4n) is 3.49. The first kappa shape index (κ1) is 15.9. The Morgan fingerprint density at radius 1 is 1.12 bits per heavy atom. The first-order valence-electron chi connectivity index (χ1n) is 8.65. The van der Waals surface area contributed by atoms with Crippen LogP contribution in [0.25, 0.3) is 11.4 Å². The highest BCUT2D eigenvalue weighted by Gasteiger charge is 2.15. The number of fused-ring (bicyclic) bond motifs is 1. The van der Waals surface area contributed by atoms with E-state index in [-0.39, 0.29) is 0 Å². The van der Waals surface area contributed by atoms with E-state index in [0.717, 1.165) is 43.1 Å². The quantitative estimate of drug-likeness (QED) is 0.795. The molecule has 0 amide bonds. The molecular weight excluding hydrogens is 312 g/mol. The number of aromatic nitrogens is 4. The molecule has 1 aromatic carbocycles. The highest BCUT2D eigenvalue weighted by atomic mass is 15.3. The molecule has 0 aliphatic carbocycles. The minimum Gasteiger partial charge on any atom is -0.381 e. The van der Waals surface area contributed by atoms with E-state index < -0.39 is 0 Å². The summed E-state index contributed by atoms with van der Waals surface area (Å²) in [7, 11) is 6.08. The third-order valence-electron chi connectivity index (χ3n) is 4.86. The smallest absolute Gasteiger partial charge is 0.115 e. The number of anilines is 1. The molecule has 0 saturated heterocycles. The molecule has 2 aromatic heterocycles. The molecule has 3 heterocycles. The first-order chi connectivity index (χ1) is 12.1. The van der Waals surface area contributed by atoms with E-state index in [4.69, 9.17) is 0 Å². The lowest BCUT2D eigenvalue weighted by Gasteiger charge is -2.25. The number of rotatable bonds is 4. The fraction of sp³-hybridized carbons (Fsp3) is 0.368. The maximum Gasteiger partial charge on any atom is 0.115 e. The van der Waals surface area contributed by atoms with Gasteiger partial charge in [-0.15, -0.1) is 0 Å². The average Bonchev–Trinajstić information content (AvgIpc) is 3.17. The number of aryl methyl sites for hydroxylation is 2. The van der Waals surface area contributed by atoms with Crippen LogP contribution >= 0.6 is 0 Å². The summed E-state index contributed by atoms with van der Waals surface area (Å²) in [6.45, 7) is 2.91. The summed E-state index contributed by atoms with van der Waals surface area (Å²) in [5, 5.41) is 12.4. The van der Waals surface area contributed by atoms with E-state index in [1.165, 1.54) is 16.7 Å². The second-order valence-corrected chi connectivity index (χ2v) is 6.84. The number of benzene rings is 1. The van der Waals surface area contributed by atoms with Gasteiger partial charge in [0.05, 0.1) is 5.69 Å². The van der Waals surface area contributed by atoms with Crippen LogP contribution in [-0.4, -0.2) is 38.1 Å². The topological polar surface area (TPSA) is 50.9 Å².